The molecular weight excluding hydrogens is 228 g/mol. The minimum atomic E-state index is -3.51. The highest BCUT2D eigenvalue weighted by atomic mass is 32.2. The van der Waals surface area contributed by atoms with E-state index < -0.39 is 10.2 Å². The largest absolute Gasteiger partial charge is 0.326 e. The van der Waals surface area contributed by atoms with Crippen molar-refractivity contribution >= 4 is 16.0 Å². The van der Waals surface area contributed by atoms with Crippen LogP contribution in [0, 0.1) is 0 Å². The second-order valence-corrected chi connectivity index (χ2v) is 5.40. The number of anilines is 1. The van der Waals surface area contributed by atoms with Crippen LogP contribution in [-0.4, -0.2) is 36.8 Å². The molecule has 1 fully saturated rings. The van der Waals surface area contributed by atoms with Gasteiger partial charge >= 0.3 is 10.2 Å². The molecule has 1 aromatic heterocycles. The smallest absolute Gasteiger partial charge is 0.302 e. The maximum atomic E-state index is 11.9. The quantitative estimate of drug-likeness (QED) is 0.766. The summed E-state index contributed by atoms with van der Waals surface area (Å²) < 4.78 is 27.5. The summed E-state index contributed by atoms with van der Waals surface area (Å²) in [6.45, 7) is 0.825. The van der Waals surface area contributed by atoms with Crippen molar-refractivity contribution in [1.82, 2.24) is 9.29 Å². The Bertz CT molecular complexity index is 448. The molecular formula is C9H14N4O2S. The summed E-state index contributed by atoms with van der Waals surface area (Å²) in [4.78, 5) is 3.91. The van der Waals surface area contributed by atoms with Gasteiger partial charge in [-0.3, -0.25) is 4.72 Å². The van der Waals surface area contributed by atoms with Gasteiger partial charge in [0.05, 0.1) is 0 Å². The molecule has 0 bridgehead atoms. The van der Waals surface area contributed by atoms with Gasteiger partial charge in [-0.25, -0.2) is 4.98 Å². The summed E-state index contributed by atoms with van der Waals surface area (Å²) in [5.41, 5.74) is 5.67. The molecule has 1 atom stereocenters. The zero-order chi connectivity index (χ0) is 11.6. The molecule has 0 unspecified atom stereocenters. The standard InChI is InChI=1S/C9H14N4O2S/c10-8-4-6-13(7-8)16(14,15)12-9-3-1-2-5-11-9/h1-3,5,8H,4,6-7,10H2,(H,11,12)/t8-/m1/s1. The second kappa shape index (κ2) is 4.36. The zero-order valence-corrected chi connectivity index (χ0v) is 9.52. The fourth-order valence-electron chi connectivity index (χ4n) is 1.59. The van der Waals surface area contributed by atoms with E-state index in [0.717, 1.165) is 0 Å². The van der Waals surface area contributed by atoms with Crippen LogP contribution in [0.15, 0.2) is 24.4 Å². The molecule has 0 aromatic carbocycles. The first-order valence-electron chi connectivity index (χ1n) is 5.02. The number of rotatable bonds is 3. The maximum absolute atomic E-state index is 11.9. The van der Waals surface area contributed by atoms with Crippen LogP contribution >= 0.6 is 0 Å². The number of aromatic nitrogens is 1. The molecule has 1 aromatic rings. The monoisotopic (exact) mass is 242 g/mol. The predicted molar refractivity (Wildman–Crippen MR) is 60.9 cm³/mol. The Balaban J connectivity index is 2.09. The molecule has 7 heteroatoms. The van der Waals surface area contributed by atoms with E-state index in [-0.39, 0.29) is 6.04 Å². The average molecular weight is 242 g/mol. The van der Waals surface area contributed by atoms with E-state index >= 15 is 0 Å². The molecule has 0 saturated carbocycles. The third-order valence-corrected chi connectivity index (χ3v) is 3.90. The SMILES string of the molecule is N[C@@H]1CCN(S(=O)(=O)Nc2ccccn2)C1. The van der Waals surface area contributed by atoms with Crippen molar-refractivity contribution in [2.45, 2.75) is 12.5 Å². The van der Waals surface area contributed by atoms with Crippen LogP contribution in [0.3, 0.4) is 0 Å². The van der Waals surface area contributed by atoms with E-state index in [2.05, 4.69) is 9.71 Å². The summed E-state index contributed by atoms with van der Waals surface area (Å²) in [6, 6.07) is 4.98. The summed E-state index contributed by atoms with van der Waals surface area (Å²) in [5.74, 6) is 0.322. The van der Waals surface area contributed by atoms with E-state index in [1.165, 1.54) is 10.5 Å². The van der Waals surface area contributed by atoms with E-state index in [0.29, 0.717) is 25.3 Å². The van der Waals surface area contributed by atoms with Crippen molar-refractivity contribution in [3.8, 4) is 0 Å². The van der Waals surface area contributed by atoms with Gasteiger partial charge in [-0.05, 0) is 18.6 Å². The Kier molecular flexibility index (Phi) is 3.08. The minimum Gasteiger partial charge on any atom is -0.326 e. The number of nitrogens with two attached hydrogens (primary N) is 1. The van der Waals surface area contributed by atoms with Crippen LogP contribution in [-0.2, 0) is 10.2 Å². The zero-order valence-electron chi connectivity index (χ0n) is 8.70. The van der Waals surface area contributed by atoms with Crippen molar-refractivity contribution < 1.29 is 8.42 Å². The molecule has 0 amide bonds. The molecule has 0 spiro atoms. The van der Waals surface area contributed by atoms with Crippen molar-refractivity contribution in [1.29, 1.82) is 0 Å². The lowest BCUT2D eigenvalue weighted by atomic mass is 10.3. The van der Waals surface area contributed by atoms with Crippen LogP contribution in [0.1, 0.15) is 6.42 Å². The summed E-state index contributed by atoms with van der Waals surface area (Å²) in [7, 11) is -3.51. The van der Waals surface area contributed by atoms with Crippen LogP contribution in [0.25, 0.3) is 0 Å². The molecule has 1 aliphatic heterocycles. The molecule has 6 nitrogen and oxygen atoms in total. The van der Waals surface area contributed by atoms with E-state index in [4.69, 9.17) is 5.73 Å². The first kappa shape index (κ1) is 11.3. The number of pyridine rings is 1. The number of hydrogen-bond acceptors (Lipinski definition) is 4. The molecule has 2 heterocycles. The lowest BCUT2D eigenvalue weighted by molar-refractivity contribution is 0.477. The highest BCUT2D eigenvalue weighted by molar-refractivity contribution is 7.90. The Morgan fingerprint density at radius 1 is 1.50 bits per heavy atom. The van der Waals surface area contributed by atoms with Crippen molar-refractivity contribution in [2.24, 2.45) is 5.73 Å². The molecule has 3 N–H and O–H groups in total. The highest BCUT2D eigenvalue weighted by Gasteiger charge is 2.29. The van der Waals surface area contributed by atoms with Gasteiger partial charge in [0.15, 0.2) is 0 Å². The van der Waals surface area contributed by atoms with Crippen molar-refractivity contribution in [2.75, 3.05) is 17.8 Å². The third-order valence-electron chi connectivity index (χ3n) is 2.43. The first-order chi connectivity index (χ1) is 7.58. The molecule has 0 radical (unpaired) electrons. The fourth-order valence-corrected chi connectivity index (χ4v) is 2.84. The van der Waals surface area contributed by atoms with Crippen molar-refractivity contribution in [3.63, 3.8) is 0 Å². The Morgan fingerprint density at radius 3 is 2.88 bits per heavy atom. The van der Waals surface area contributed by atoms with Gasteiger partial charge in [0.2, 0.25) is 0 Å². The van der Waals surface area contributed by atoms with Crippen LogP contribution in [0.5, 0.6) is 0 Å². The number of hydrogen-bond donors (Lipinski definition) is 2. The topological polar surface area (TPSA) is 88.3 Å². The molecule has 16 heavy (non-hydrogen) atoms. The highest BCUT2D eigenvalue weighted by Crippen LogP contribution is 2.14. The van der Waals surface area contributed by atoms with Crippen LogP contribution in [0.4, 0.5) is 5.82 Å². The van der Waals surface area contributed by atoms with Crippen molar-refractivity contribution in [3.05, 3.63) is 24.4 Å². The van der Waals surface area contributed by atoms with Gasteiger partial charge < -0.3 is 5.73 Å². The Morgan fingerprint density at radius 2 is 2.31 bits per heavy atom. The molecule has 1 saturated heterocycles. The number of nitrogens with one attached hydrogen (secondary N) is 1. The summed E-state index contributed by atoms with van der Waals surface area (Å²) >= 11 is 0. The Labute approximate surface area is 94.7 Å². The molecule has 0 aliphatic carbocycles. The van der Waals surface area contributed by atoms with E-state index in [9.17, 15) is 8.42 Å². The summed E-state index contributed by atoms with van der Waals surface area (Å²) in [5, 5.41) is 0. The van der Waals surface area contributed by atoms with Gasteiger partial charge in [-0.2, -0.15) is 12.7 Å². The van der Waals surface area contributed by atoms with E-state index in [1.54, 1.807) is 18.2 Å². The average Bonchev–Trinajstić information content (AvgIpc) is 2.66. The van der Waals surface area contributed by atoms with Gasteiger partial charge in [0.1, 0.15) is 5.82 Å². The second-order valence-electron chi connectivity index (χ2n) is 3.73. The summed E-state index contributed by atoms with van der Waals surface area (Å²) in [6.07, 6.45) is 2.23. The molecule has 1 aliphatic rings. The Hall–Kier alpha value is -1.18. The minimum absolute atomic E-state index is 0.0692. The fraction of sp³-hybridized carbons (Fsp3) is 0.444. The predicted octanol–water partition coefficient (Wildman–Crippen LogP) is -0.229. The lowest BCUT2D eigenvalue weighted by Crippen LogP contribution is -2.36. The van der Waals surface area contributed by atoms with Gasteiger partial charge in [-0.1, -0.05) is 6.07 Å². The van der Waals surface area contributed by atoms with Crippen LogP contribution in [0.2, 0.25) is 0 Å². The first-order valence-corrected chi connectivity index (χ1v) is 6.46. The third kappa shape index (κ3) is 2.49. The van der Waals surface area contributed by atoms with Gasteiger partial charge in [0, 0.05) is 25.3 Å². The normalized spacial score (nSPS) is 22.2. The maximum Gasteiger partial charge on any atom is 0.302 e. The molecule has 88 valence electrons. The lowest BCUT2D eigenvalue weighted by Gasteiger charge is -2.16. The number of nitrogens with zero attached hydrogens (tertiary/aromatic N) is 2. The van der Waals surface area contributed by atoms with Crippen LogP contribution < -0.4 is 10.5 Å². The van der Waals surface area contributed by atoms with E-state index in [1.807, 2.05) is 0 Å². The van der Waals surface area contributed by atoms with Gasteiger partial charge in [-0.15, -0.1) is 0 Å². The molecule has 2 rings (SSSR count). The van der Waals surface area contributed by atoms with Gasteiger partial charge in [0.25, 0.3) is 0 Å².